The number of hydrogen-bond acceptors (Lipinski definition) is 2. The Labute approximate surface area is 83.2 Å². The van der Waals surface area contributed by atoms with E-state index in [-0.39, 0.29) is 5.82 Å². The van der Waals surface area contributed by atoms with Gasteiger partial charge in [-0.25, -0.2) is 4.39 Å². The molecule has 3 heteroatoms. The molecule has 0 amide bonds. The van der Waals surface area contributed by atoms with E-state index in [4.69, 9.17) is 10.5 Å². The Hall–Kier alpha value is -1.35. The van der Waals surface area contributed by atoms with Gasteiger partial charge in [0, 0.05) is 11.6 Å². The monoisotopic (exact) mass is 195 g/mol. The number of benzene rings is 1. The highest BCUT2D eigenvalue weighted by Crippen LogP contribution is 2.20. The van der Waals surface area contributed by atoms with Crippen molar-refractivity contribution >= 4 is 6.08 Å². The van der Waals surface area contributed by atoms with Crippen LogP contribution in [0, 0.1) is 5.82 Å². The van der Waals surface area contributed by atoms with Crippen LogP contribution in [-0.2, 0) is 0 Å². The summed E-state index contributed by atoms with van der Waals surface area (Å²) in [5.41, 5.74) is 6.21. The molecule has 14 heavy (non-hydrogen) atoms. The molecule has 0 fully saturated rings. The maximum absolute atomic E-state index is 12.8. The van der Waals surface area contributed by atoms with Crippen molar-refractivity contribution in [1.29, 1.82) is 0 Å². The molecule has 0 unspecified atom stereocenters. The van der Waals surface area contributed by atoms with Crippen LogP contribution in [0.1, 0.15) is 12.0 Å². The van der Waals surface area contributed by atoms with Crippen LogP contribution in [0.5, 0.6) is 5.75 Å². The first-order valence-corrected chi connectivity index (χ1v) is 4.48. The van der Waals surface area contributed by atoms with E-state index in [2.05, 4.69) is 0 Å². The molecular formula is C11H14FNO. The normalized spacial score (nSPS) is 10.8. The van der Waals surface area contributed by atoms with Gasteiger partial charge in [0.15, 0.2) is 0 Å². The first kappa shape index (κ1) is 10.7. The first-order valence-electron chi connectivity index (χ1n) is 4.48. The number of nitrogens with two attached hydrogens (primary N) is 1. The summed E-state index contributed by atoms with van der Waals surface area (Å²) in [5.74, 6) is 0.246. The molecule has 76 valence electrons. The van der Waals surface area contributed by atoms with Crippen molar-refractivity contribution in [3.05, 3.63) is 35.7 Å². The summed E-state index contributed by atoms with van der Waals surface area (Å²) in [7, 11) is 1.52. The van der Waals surface area contributed by atoms with Crippen LogP contribution in [0.3, 0.4) is 0 Å². The third kappa shape index (κ3) is 2.85. The fraction of sp³-hybridized carbons (Fsp3) is 0.273. The number of methoxy groups -OCH3 is 1. The maximum atomic E-state index is 12.8. The molecule has 0 atom stereocenters. The van der Waals surface area contributed by atoms with Crippen LogP contribution < -0.4 is 10.5 Å². The summed E-state index contributed by atoms with van der Waals surface area (Å²) < 4.78 is 17.8. The Bertz CT molecular complexity index is 323. The van der Waals surface area contributed by atoms with Crippen molar-refractivity contribution in [2.75, 3.05) is 13.7 Å². The standard InChI is InChI=1S/C11H14FNO/c1-14-11-8-10(12)6-5-9(11)4-2-3-7-13/h2,4-6,8H,3,7,13H2,1H3. The summed E-state index contributed by atoms with van der Waals surface area (Å²) in [6.07, 6.45) is 4.63. The number of ether oxygens (including phenoxy) is 1. The molecule has 0 aliphatic carbocycles. The molecule has 0 saturated heterocycles. The van der Waals surface area contributed by atoms with Crippen molar-refractivity contribution in [3.63, 3.8) is 0 Å². The first-order chi connectivity index (χ1) is 6.77. The second-order valence-electron chi connectivity index (χ2n) is 2.87. The van der Waals surface area contributed by atoms with E-state index >= 15 is 0 Å². The summed E-state index contributed by atoms with van der Waals surface area (Å²) in [6, 6.07) is 4.45. The highest BCUT2D eigenvalue weighted by atomic mass is 19.1. The average molecular weight is 195 g/mol. The zero-order valence-corrected chi connectivity index (χ0v) is 8.16. The molecule has 2 N–H and O–H groups in total. The lowest BCUT2D eigenvalue weighted by Crippen LogP contribution is -1.95. The summed E-state index contributed by atoms with van der Waals surface area (Å²) in [4.78, 5) is 0. The van der Waals surface area contributed by atoms with Crippen LogP contribution in [0.2, 0.25) is 0 Å². The highest BCUT2D eigenvalue weighted by Gasteiger charge is 2.00. The Morgan fingerprint density at radius 3 is 2.93 bits per heavy atom. The molecule has 1 rings (SSSR count). The lowest BCUT2D eigenvalue weighted by atomic mass is 10.1. The Kier molecular flexibility index (Phi) is 4.13. The molecule has 0 bridgehead atoms. The van der Waals surface area contributed by atoms with E-state index in [9.17, 15) is 4.39 Å². The Morgan fingerprint density at radius 2 is 2.29 bits per heavy atom. The number of hydrogen-bond donors (Lipinski definition) is 1. The van der Waals surface area contributed by atoms with Gasteiger partial charge >= 0.3 is 0 Å². The van der Waals surface area contributed by atoms with Crippen molar-refractivity contribution < 1.29 is 9.13 Å². The van der Waals surface area contributed by atoms with Gasteiger partial charge in [0.2, 0.25) is 0 Å². The van der Waals surface area contributed by atoms with Gasteiger partial charge in [-0.1, -0.05) is 12.2 Å². The van der Waals surface area contributed by atoms with Gasteiger partial charge in [-0.3, -0.25) is 0 Å². The molecule has 0 aliphatic rings. The molecule has 2 nitrogen and oxygen atoms in total. The lowest BCUT2D eigenvalue weighted by Gasteiger charge is -2.03. The van der Waals surface area contributed by atoms with E-state index in [0.29, 0.717) is 12.3 Å². The van der Waals surface area contributed by atoms with Gasteiger partial charge in [-0.2, -0.15) is 0 Å². The third-order valence-corrected chi connectivity index (χ3v) is 1.83. The highest BCUT2D eigenvalue weighted by molar-refractivity contribution is 5.57. The average Bonchev–Trinajstić information content (AvgIpc) is 2.20. The Morgan fingerprint density at radius 1 is 1.50 bits per heavy atom. The van der Waals surface area contributed by atoms with E-state index in [1.807, 2.05) is 12.2 Å². The largest absolute Gasteiger partial charge is 0.496 e. The summed E-state index contributed by atoms with van der Waals surface area (Å²) in [5, 5.41) is 0. The van der Waals surface area contributed by atoms with Crippen molar-refractivity contribution in [2.45, 2.75) is 6.42 Å². The molecule has 0 radical (unpaired) electrons. The quantitative estimate of drug-likeness (QED) is 0.799. The fourth-order valence-electron chi connectivity index (χ4n) is 1.13. The van der Waals surface area contributed by atoms with Gasteiger partial charge in [-0.15, -0.1) is 0 Å². The van der Waals surface area contributed by atoms with Gasteiger partial charge in [-0.05, 0) is 25.1 Å². The summed E-state index contributed by atoms with van der Waals surface area (Å²) in [6.45, 7) is 0.611. The van der Waals surface area contributed by atoms with Gasteiger partial charge in [0.25, 0.3) is 0 Å². The van der Waals surface area contributed by atoms with Gasteiger partial charge < -0.3 is 10.5 Å². The molecular weight excluding hydrogens is 181 g/mol. The van der Waals surface area contributed by atoms with Crippen molar-refractivity contribution in [2.24, 2.45) is 5.73 Å². The van der Waals surface area contributed by atoms with Crippen LogP contribution in [-0.4, -0.2) is 13.7 Å². The SMILES string of the molecule is COc1cc(F)ccc1C=CCCN. The molecule has 0 aliphatic heterocycles. The van der Waals surface area contributed by atoms with Crippen LogP contribution in [0.15, 0.2) is 24.3 Å². The zero-order chi connectivity index (χ0) is 10.4. The zero-order valence-electron chi connectivity index (χ0n) is 8.16. The minimum absolute atomic E-state index is 0.294. The Balaban J connectivity index is 2.85. The van der Waals surface area contributed by atoms with E-state index < -0.39 is 0 Å². The van der Waals surface area contributed by atoms with Gasteiger partial charge in [0.05, 0.1) is 7.11 Å². The molecule has 1 aromatic rings. The van der Waals surface area contributed by atoms with Crippen molar-refractivity contribution in [3.8, 4) is 5.75 Å². The third-order valence-electron chi connectivity index (χ3n) is 1.83. The predicted octanol–water partition coefficient (Wildman–Crippen LogP) is 2.20. The van der Waals surface area contributed by atoms with E-state index in [1.165, 1.54) is 19.2 Å². The van der Waals surface area contributed by atoms with E-state index in [1.54, 1.807) is 6.07 Å². The van der Waals surface area contributed by atoms with Gasteiger partial charge in [0.1, 0.15) is 11.6 Å². The predicted molar refractivity (Wildman–Crippen MR) is 55.7 cm³/mol. The number of halogens is 1. The molecule has 0 spiro atoms. The fourth-order valence-corrected chi connectivity index (χ4v) is 1.13. The van der Waals surface area contributed by atoms with Crippen LogP contribution in [0.4, 0.5) is 4.39 Å². The van der Waals surface area contributed by atoms with Crippen LogP contribution >= 0.6 is 0 Å². The minimum atomic E-state index is -0.294. The number of rotatable bonds is 4. The van der Waals surface area contributed by atoms with E-state index in [0.717, 1.165) is 12.0 Å². The molecule has 0 saturated carbocycles. The molecule has 0 aromatic heterocycles. The van der Waals surface area contributed by atoms with Crippen molar-refractivity contribution in [1.82, 2.24) is 0 Å². The summed E-state index contributed by atoms with van der Waals surface area (Å²) >= 11 is 0. The lowest BCUT2D eigenvalue weighted by molar-refractivity contribution is 0.410. The molecule has 0 heterocycles. The smallest absolute Gasteiger partial charge is 0.128 e. The second-order valence-corrected chi connectivity index (χ2v) is 2.87. The second kappa shape index (κ2) is 5.40. The topological polar surface area (TPSA) is 35.2 Å². The van der Waals surface area contributed by atoms with Crippen LogP contribution in [0.25, 0.3) is 6.08 Å². The maximum Gasteiger partial charge on any atom is 0.128 e. The molecule has 1 aromatic carbocycles. The minimum Gasteiger partial charge on any atom is -0.496 e.